The lowest BCUT2D eigenvalue weighted by Crippen LogP contribution is -2.30. The Hall–Kier alpha value is -4.53. The van der Waals surface area contributed by atoms with Crippen LogP contribution in [0.5, 0.6) is 5.75 Å². The molecule has 4 aromatic rings. The van der Waals surface area contributed by atoms with E-state index < -0.39 is 11.8 Å². The third kappa shape index (κ3) is 8.73. The second-order valence-corrected chi connectivity index (χ2v) is 10.9. The van der Waals surface area contributed by atoms with Crippen molar-refractivity contribution >= 4 is 58.5 Å². The highest BCUT2D eigenvalue weighted by molar-refractivity contribution is 8.00. The fourth-order valence-electron chi connectivity index (χ4n) is 3.81. The molecule has 0 heterocycles. The summed E-state index contributed by atoms with van der Waals surface area (Å²) in [6.07, 6.45) is 1.54. The number of hydrogen-bond acceptors (Lipinski definition) is 5. The molecule has 3 N–H and O–H groups in total. The maximum absolute atomic E-state index is 13.3. The summed E-state index contributed by atoms with van der Waals surface area (Å²) in [5.74, 6) is -0.323. The van der Waals surface area contributed by atoms with Gasteiger partial charge in [0, 0.05) is 26.9 Å². The lowest BCUT2D eigenvalue weighted by molar-refractivity contribution is -0.115. The Morgan fingerprint density at radius 2 is 1.45 bits per heavy atom. The normalized spacial score (nSPS) is 11.7. The summed E-state index contributed by atoms with van der Waals surface area (Å²) < 4.78 is 5.44. The van der Waals surface area contributed by atoms with E-state index in [2.05, 4.69) is 16.0 Å². The molecule has 0 aliphatic rings. The van der Waals surface area contributed by atoms with E-state index in [-0.39, 0.29) is 16.9 Å². The van der Waals surface area contributed by atoms with E-state index in [9.17, 15) is 14.4 Å². The van der Waals surface area contributed by atoms with Crippen LogP contribution >= 0.6 is 23.4 Å². The Morgan fingerprint density at radius 1 is 0.833 bits per heavy atom. The minimum Gasteiger partial charge on any atom is -0.494 e. The minimum atomic E-state index is -0.511. The number of halogens is 1. The summed E-state index contributed by atoms with van der Waals surface area (Å²) in [6.45, 7) is 4.32. The number of hydrogen-bond donors (Lipinski definition) is 3. The molecule has 0 fully saturated rings. The van der Waals surface area contributed by atoms with E-state index in [1.807, 2.05) is 38.1 Å². The van der Waals surface area contributed by atoms with Gasteiger partial charge in [-0.05, 0) is 92.2 Å². The largest absolute Gasteiger partial charge is 0.494 e. The molecule has 9 heteroatoms. The molecule has 4 aromatic carbocycles. The maximum Gasteiger partial charge on any atom is 0.272 e. The molecule has 0 spiro atoms. The van der Waals surface area contributed by atoms with Gasteiger partial charge in [-0.2, -0.15) is 0 Å². The van der Waals surface area contributed by atoms with Gasteiger partial charge in [-0.1, -0.05) is 48.0 Å². The zero-order chi connectivity index (χ0) is 29.9. The Balaban J connectivity index is 1.40. The fraction of sp³-hybridized carbons (Fsp3) is 0.121. The number of ether oxygens (including phenoxy) is 1. The Bertz CT molecular complexity index is 1560. The van der Waals surface area contributed by atoms with Crippen molar-refractivity contribution in [2.24, 2.45) is 0 Å². The van der Waals surface area contributed by atoms with Crippen LogP contribution < -0.4 is 20.7 Å². The molecule has 214 valence electrons. The average Bonchev–Trinajstić information content (AvgIpc) is 3.00. The van der Waals surface area contributed by atoms with Crippen LogP contribution in [-0.2, 0) is 9.59 Å². The molecular weight excluding hydrogens is 570 g/mol. The van der Waals surface area contributed by atoms with E-state index in [0.717, 1.165) is 10.6 Å². The lowest BCUT2D eigenvalue weighted by atomic mass is 10.1. The summed E-state index contributed by atoms with van der Waals surface area (Å²) in [5.41, 5.74) is 2.25. The first-order chi connectivity index (χ1) is 20.3. The molecule has 0 saturated carbocycles. The number of carbonyl (C=O) groups is 3. The topological polar surface area (TPSA) is 96.5 Å². The second kappa shape index (κ2) is 14.9. The molecule has 3 amide bonds. The van der Waals surface area contributed by atoms with Crippen LogP contribution in [0.15, 0.2) is 114 Å². The smallest absolute Gasteiger partial charge is 0.272 e. The molecule has 0 aromatic heterocycles. The fourth-order valence-corrected chi connectivity index (χ4v) is 4.87. The standard InChI is InChI=1S/C33H30ClN3O4S/c1-3-41-27-17-13-25(14-18-27)35-31(38)22(2)42-28-19-15-26(16-20-28)36-33(40)30(21-24-11-7-8-12-29(24)34)37-32(39)23-9-5-4-6-10-23/h4-22H,3H2,1-2H3,(H,35,38)(H,36,40)(H,37,39)/b30-21-. The van der Waals surface area contributed by atoms with Gasteiger partial charge >= 0.3 is 0 Å². The first kappa shape index (κ1) is 30.4. The van der Waals surface area contributed by atoms with Crippen molar-refractivity contribution < 1.29 is 19.1 Å². The first-order valence-electron chi connectivity index (χ1n) is 13.3. The van der Waals surface area contributed by atoms with Gasteiger partial charge < -0.3 is 20.7 Å². The molecular formula is C33H30ClN3O4S. The van der Waals surface area contributed by atoms with Crippen molar-refractivity contribution in [2.45, 2.75) is 24.0 Å². The molecule has 0 bridgehead atoms. The van der Waals surface area contributed by atoms with Crippen molar-refractivity contribution in [3.63, 3.8) is 0 Å². The minimum absolute atomic E-state index is 0.0370. The van der Waals surface area contributed by atoms with Crippen LogP contribution in [0.2, 0.25) is 5.02 Å². The van der Waals surface area contributed by atoms with E-state index >= 15 is 0 Å². The molecule has 0 aliphatic carbocycles. The Labute approximate surface area is 254 Å². The molecule has 4 rings (SSSR count). The zero-order valence-electron chi connectivity index (χ0n) is 23.1. The monoisotopic (exact) mass is 599 g/mol. The quantitative estimate of drug-likeness (QED) is 0.124. The van der Waals surface area contributed by atoms with Crippen molar-refractivity contribution in [3.05, 3.63) is 125 Å². The third-order valence-corrected chi connectivity index (χ3v) is 7.42. The van der Waals surface area contributed by atoms with E-state index in [0.29, 0.717) is 34.1 Å². The number of anilines is 2. The highest BCUT2D eigenvalue weighted by Crippen LogP contribution is 2.26. The van der Waals surface area contributed by atoms with Gasteiger partial charge in [-0.25, -0.2) is 0 Å². The highest BCUT2D eigenvalue weighted by Gasteiger charge is 2.17. The maximum atomic E-state index is 13.3. The second-order valence-electron chi connectivity index (χ2n) is 9.08. The number of nitrogens with one attached hydrogen (secondary N) is 3. The van der Waals surface area contributed by atoms with Gasteiger partial charge in [0.1, 0.15) is 11.4 Å². The summed E-state index contributed by atoms with van der Waals surface area (Å²) in [4.78, 5) is 39.7. The summed E-state index contributed by atoms with van der Waals surface area (Å²) in [5, 5.41) is 8.52. The summed E-state index contributed by atoms with van der Waals surface area (Å²) in [6, 6.07) is 30.0. The molecule has 1 unspecified atom stereocenters. The first-order valence-corrected chi connectivity index (χ1v) is 14.5. The molecule has 7 nitrogen and oxygen atoms in total. The zero-order valence-corrected chi connectivity index (χ0v) is 24.7. The van der Waals surface area contributed by atoms with E-state index in [1.165, 1.54) is 17.8 Å². The predicted molar refractivity (Wildman–Crippen MR) is 170 cm³/mol. The molecule has 42 heavy (non-hydrogen) atoms. The SMILES string of the molecule is CCOc1ccc(NC(=O)C(C)Sc2ccc(NC(=O)/C(=C/c3ccccc3Cl)NC(=O)c3ccccc3)cc2)cc1. The van der Waals surface area contributed by atoms with Gasteiger partial charge in [0.2, 0.25) is 5.91 Å². The number of rotatable bonds is 11. The average molecular weight is 600 g/mol. The van der Waals surface area contributed by atoms with Crippen molar-refractivity contribution in [2.75, 3.05) is 17.2 Å². The van der Waals surface area contributed by atoms with Gasteiger partial charge in [-0.15, -0.1) is 11.8 Å². The third-order valence-electron chi connectivity index (χ3n) is 5.96. The van der Waals surface area contributed by atoms with Crippen molar-refractivity contribution in [1.82, 2.24) is 5.32 Å². The summed E-state index contributed by atoms with van der Waals surface area (Å²) in [7, 11) is 0. The van der Waals surface area contributed by atoms with Crippen LogP contribution in [0.25, 0.3) is 6.08 Å². The van der Waals surface area contributed by atoms with Crippen LogP contribution in [0, 0.1) is 0 Å². The number of carbonyl (C=O) groups excluding carboxylic acids is 3. The molecule has 0 radical (unpaired) electrons. The van der Waals surface area contributed by atoms with Crippen LogP contribution in [0.4, 0.5) is 11.4 Å². The van der Waals surface area contributed by atoms with E-state index in [1.54, 1.807) is 78.9 Å². The highest BCUT2D eigenvalue weighted by atomic mass is 35.5. The van der Waals surface area contributed by atoms with Gasteiger partial charge in [0.15, 0.2) is 0 Å². The number of benzene rings is 4. The van der Waals surface area contributed by atoms with Crippen LogP contribution in [-0.4, -0.2) is 29.6 Å². The number of amides is 3. The summed E-state index contributed by atoms with van der Waals surface area (Å²) >= 11 is 7.70. The van der Waals surface area contributed by atoms with Gasteiger partial charge in [0.25, 0.3) is 11.8 Å². The van der Waals surface area contributed by atoms with Gasteiger partial charge in [0.05, 0.1) is 11.9 Å². The van der Waals surface area contributed by atoms with E-state index in [4.69, 9.17) is 16.3 Å². The van der Waals surface area contributed by atoms with Crippen molar-refractivity contribution in [1.29, 1.82) is 0 Å². The van der Waals surface area contributed by atoms with Crippen LogP contribution in [0.3, 0.4) is 0 Å². The number of thioether (sulfide) groups is 1. The van der Waals surface area contributed by atoms with Crippen molar-refractivity contribution in [3.8, 4) is 5.75 Å². The Kier molecular flexibility index (Phi) is 10.8. The predicted octanol–water partition coefficient (Wildman–Crippen LogP) is 7.27. The lowest BCUT2D eigenvalue weighted by Gasteiger charge is -2.14. The van der Waals surface area contributed by atoms with Gasteiger partial charge in [-0.3, -0.25) is 14.4 Å². The Morgan fingerprint density at radius 3 is 2.12 bits per heavy atom. The van der Waals surface area contributed by atoms with Crippen LogP contribution in [0.1, 0.15) is 29.8 Å². The molecule has 0 saturated heterocycles. The molecule has 0 aliphatic heterocycles. The molecule has 1 atom stereocenters.